The number of carbonyl (C=O) groups excluding carboxylic acids is 9. The number of nitrogens with two attached hydrogens (primary N) is 1. The molecular formula is C73H107IN8O20. The first-order valence-corrected chi connectivity index (χ1v) is 37.5. The second-order valence-corrected chi connectivity index (χ2v) is 30.7. The van der Waals surface area contributed by atoms with Gasteiger partial charge in [0.15, 0.2) is 5.79 Å². The third-order valence-corrected chi connectivity index (χ3v) is 21.8. The van der Waals surface area contributed by atoms with E-state index in [1.807, 2.05) is 0 Å². The van der Waals surface area contributed by atoms with Gasteiger partial charge in [-0.3, -0.25) is 38.5 Å². The smallest absolute Gasteiger partial charge is 0.407 e. The molecule has 9 amide bonds. The van der Waals surface area contributed by atoms with E-state index in [2.05, 4.69) is 74.6 Å². The molecule has 4 bridgehead atoms. The van der Waals surface area contributed by atoms with Crippen LogP contribution >= 0.6 is 22.6 Å². The second kappa shape index (κ2) is 37.3. The molecule has 7 fully saturated rings. The molecular weight excluding hydrogens is 1440 g/mol. The molecule has 102 heavy (non-hydrogen) atoms. The van der Waals surface area contributed by atoms with Crippen LogP contribution in [0.2, 0.25) is 0 Å². The number of amides is 9. The van der Waals surface area contributed by atoms with Crippen molar-refractivity contribution in [3.63, 3.8) is 0 Å². The number of rotatable bonds is 37. The summed E-state index contributed by atoms with van der Waals surface area (Å²) in [5.74, 6) is -3.91. The number of nitrogens with zero attached hydrogens (tertiary/aromatic N) is 1. The molecule has 0 aromatic heterocycles. The van der Waals surface area contributed by atoms with Gasteiger partial charge >= 0.3 is 12.1 Å². The van der Waals surface area contributed by atoms with Crippen molar-refractivity contribution in [2.75, 3.05) is 51.9 Å². The minimum Gasteiger partial charge on any atom is -0.445 e. The highest BCUT2D eigenvalue weighted by atomic mass is 127. The standard InChI is InChI=1S/C73H107IN8O20/c1-41(2)64(80-60(85)24-30-94-31-27-72(6,7)81-61(86)23-29-82-62(87)19-20-63(82)88)69(90)79-53(10-9-28-76-70(75)91)68(89)78-47-13-11-45(12-14-47)39-96-71(92)77-38-49(84)36-58-65(93-8)46(40-95-58)34-48(83)35-51-16-18-56-66(98-51)59-37-57(100-56)55-22-26-73(101-55,102-59)25-21-52-33-43(4)54(97-52)17-15-50-32-42(3)44(5)67(74)99-50/h11-14,19-20,41-42,46,49-59,64-67,84H,4-5,9-10,15-18,21-40H2,1-3,6-8H3,(H,77,92)(H,78,89)(H,79,90)(H,80,85)(H,81,86)(H3,75,76,91)/t42-,46+,49?,50?,51?,52?,53?,54?,55?,56+,57-,58-,59-,64+,65-,66+,67+,73+/m1/s1. The monoisotopic (exact) mass is 1540 g/mol. The number of fused-ring (bicyclic) bond motifs is 7. The number of methoxy groups -OCH3 is 1. The van der Waals surface area contributed by atoms with Crippen molar-refractivity contribution in [2.24, 2.45) is 23.5 Å². The van der Waals surface area contributed by atoms with E-state index in [0.29, 0.717) is 42.9 Å². The molecule has 0 radical (unpaired) electrons. The minimum absolute atomic E-state index is 0.00478. The van der Waals surface area contributed by atoms with Crippen LogP contribution in [0.15, 0.2) is 60.7 Å². The van der Waals surface area contributed by atoms with Crippen molar-refractivity contribution in [1.29, 1.82) is 0 Å². The molecule has 8 aliphatic rings. The van der Waals surface area contributed by atoms with Crippen LogP contribution in [0.4, 0.5) is 15.3 Å². The molecule has 1 aromatic rings. The van der Waals surface area contributed by atoms with E-state index in [-0.39, 0.29) is 168 Å². The Morgan fingerprint density at radius 2 is 1.59 bits per heavy atom. The van der Waals surface area contributed by atoms with Gasteiger partial charge in [-0.1, -0.05) is 46.1 Å². The summed E-state index contributed by atoms with van der Waals surface area (Å²) in [5, 5.41) is 27.3. The topological polar surface area (TPSA) is 368 Å². The normalized spacial score (nSPS) is 29.9. The predicted octanol–water partition coefficient (Wildman–Crippen LogP) is 6.06. The van der Waals surface area contributed by atoms with Crippen LogP contribution < -0.4 is 37.6 Å². The van der Waals surface area contributed by atoms with Gasteiger partial charge in [0.05, 0.1) is 80.4 Å². The van der Waals surface area contributed by atoms with Gasteiger partial charge in [0.25, 0.3) is 11.8 Å². The number of anilines is 1. The number of carbonyl (C=O) groups is 9. The third kappa shape index (κ3) is 23.0. The molecule has 28 nitrogen and oxygen atoms in total. The number of aliphatic hydroxyl groups is 1. The molecule has 8 heterocycles. The van der Waals surface area contributed by atoms with Crippen LogP contribution in [0.1, 0.15) is 162 Å². The number of Topliss-reactive ketones (excluding diaryl/α,β-unsaturated/α-hetero) is 1. The van der Waals surface area contributed by atoms with Crippen molar-refractivity contribution < 1.29 is 95.6 Å². The summed E-state index contributed by atoms with van der Waals surface area (Å²) in [6.07, 6.45) is 8.44. The summed E-state index contributed by atoms with van der Waals surface area (Å²) < 4.78 is 63.3. The van der Waals surface area contributed by atoms with Crippen molar-refractivity contribution in [1.82, 2.24) is 31.5 Å². The molecule has 7 saturated heterocycles. The number of alkyl halides is 1. The van der Waals surface area contributed by atoms with E-state index in [4.69, 9.17) is 53.1 Å². The number of ketones is 1. The summed E-state index contributed by atoms with van der Waals surface area (Å²) in [4.78, 5) is 116. The lowest BCUT2D eigenvalue weighted by Gasteiger charge is -2.47. The quantitative estimate of drug-likeness (QED) is 0.0123. The maximum atomic E-state index is 13.8. The fourth-order valence-corrected chi connectivity index (χ4v) is 15.9. The minimum atomic E-state index is -1.11. The molecule has 0 saturated carbocycles. The van der Waals surface area contributed by atoms with E-state index in [9.17, 15) is 48.3 Å². The molecule has 18 atom stereocenters. The Morgan fingerprint density at radius 3 is 2.31 bits per heavy atom. The molecule has 9 N–H and O–H groups in total. The highest BCUT2D eigenvalue weighted by Crippen LogP contribution is 2.49. The number of benzene rings is 1. The lowest BCUT2D eigenvalue weighted by atomic mass is 9.86. The lowest BCUT2D eigenvalue weighted by molar-refractivity contribution is -0.276. The van der Waals surface area contributed by atoms with Gasteiger partial charge in [-0.2, -0.15) is 0 Å². The third-order valence-electron chi connectivity index (χ3n) is 20.7. The van der Waals surface area contributed by atoms with Crippen molar-refractivity contribution in [3.05, 3.63) is 66.3 Å². The largest absolute Gasteiger partial charge is 0.445 e. The fourth-order valence-electron chi connectivity index (χ4n) is 14.9. The number of hydrogen-bond acceptors (Lipinski definition) is 20. The lowest BCUT2D eigenvalue weighted by Crippen LogP contribution is -2.56. The van der Waals surface area contributed by atoms with Crippen molar-refractivity contribution in [3.8, 4) is 0 Å². The number of halogens is 1. The van der Waals surface area contributed by atoms with E-state index in [0.717, 1.165) is 79.6 Å². The first kappa shape index (κ1) is 80.1. The van der Waals surface area contributed by atoms with Gasteiger partial charge in [-0.05, 0) is 148 Å². The second-order valence-electron chi connectivity index (χ2n) is 29.6. The predicted molar refractivity (Wildman–Crippen MR) is 380 cm³/mol. The highest BCUT2D eigenvalue weighted by Gasteiger charge is 2.57. The van der Waals surface area contributed by atoms with Crippen LogP contribution in [-0.2, 0) is 87.5 Å². The van der Waals surface area contributed by atoms with Gasteiger partial charge < -0.3 is 90.1 Å². The molecule has 29 heteroatoms. The van der Waals surface area contributed by atoms with E-state index < -0.39 is 89.3 Å². The van der Waals surface area contributed by atoms with Gasteiger partial charge in [-0.25, -0.2) is 9.59 Å². The van der Waals surface area contributed by atoms with E-state index >= 15 is 0 Å². The number of imide groups is 1. The SMILES string of the molecule is C=C1CC(CC[C@]23CCC(O2)[C@H]2C[C@@H](O3)[C@H]3OC(CC(=O)C[C@H]4CO[C@H](CC(O)CNC(=O)OCc5ccc(NC(=O)C(CCCNC(N)=O)NC(=O)[C@@H](NC(=O)CCOCCC(C)(C)NC(=O)CCN6C(=O)C=CC6=O)C(C)C)cc5)[C@@H]4OC)CC[C@@H]3O2)OC1CCC1C[C@@H](C)C(=C)[C@@H](I)O1. The summed E-state index contributed by atoms with van der Waals surface area (Å²) in [6.45, 7) is 18.1. The number of alkyl carbamates (subject to hydrolysis) is 1. The Bertz CT molecular complexity index is 3120. The van der Waals surface area contributed by atoms with Crippen molar-refractivity contribution in [2.45, 2.75) is 264 Å². The van der Waals surface area contributed by atoms with Crippen LogP contribution in [0.25, 0.3) is 0 Å². The maximum absolute atomic E-state index is 13.8. The average molecular weight is 1540 g/mol. The van der Waals surface area contributed by atoms with Crippen LogP contribution in [0.5, 0.6) is 0 Å². The molecule has 1 aromatic carbocycles. The number of aliphatic hydroxyl groups excluding tert-OH is 1. The van der Waals surface area contributed by atoms with Gasteiger partial charge in [-0.15, -0.1) is 0 Å². The Hall–Kier alpha value is -6.00. The molecule has 7 unspecified atom stereocenters. The van der Waals surface area contributed by atoms with Crippen LogP contribution in [0.3, 0.4) is 0 Å². The first-order valence-electron chi connectivity index (χ1n) is 36.3. The van der Waals surface area contributed by atoms with E-state index in [1.54, 1.807) is 59.1 Å². The van der Waals surface area contributed by atoms with Crippen LogP contribution in [-0.4, -0.2) is 211 Å². The Kier molecular flexibility index (Phi) is 29.3. The first-order chi connectivity index (χ1) is 48.6. The number of ether oxygens (including phenoxy) is 10. The molecule has 0 spiro atoms. The zero-order valence-corrected chi connectivity index (χ0v) is 61.9. The summed E-state index contributed by atoms with van der Waals surface area (Å²) in [6, 6.07) is 3.55. The Labute approximate surface area is 611 Å². The number of nitrogens with one attached hydrogen (secondary N) is 6. The molecule has 0 aliphatic carbocycles. The van der Waals surface area contributed by atoms with Gasteiger partial charge in [0.2, 0.25) is 23.6 Å². The van der Waals surface area contributed by atoms with Gasteiger partial charge in [0.1, 0.15) is 34.7 Å². The highest BCUT2D eigenvalue weighted by molar-refractivity contribution is 14.1. The maximum Gasteiger partial charge on any atom is 0.407 e. The molecule has 9 rings (SSSR count). The summed E-state index contributed by atoms with van der Waals surface area (Å²) >= 11 is 2.33. The summed E-state index contributed by atoms with van der Waals surface area (Å²) in [5.41, 5.74) is 7.76. The van der Waals surface area contributed by atoms with E-state index in [1.165, 1.54) is 0 Å². The number of urea groups is 1. The van der Waals surface area contributed by atoms with Gasteiger partial charge in [0, 0.05) is 114 Å². The Balaban J connectivity index is 0.653. The zero-order chi connectivity index (χ0) is 73.4. The van der Waals surface area contributed by atoms with Crippen molar-refractivity contribution >= 4 is 81.6 Å². The number of primary amides is 1. The molecule has 8 aliphatic heterocycles. The van der Waals surface area contributed by atoms with Crippen LogP contribution in [0, 0.1) is 17.8 Å². The Morgan fingerprint density at radius 1 is 0.833 bits per heavy atom. The number of hydrogen-bond donors (Lipinski definition) is 8. The molecule has 566 valence electrons. The summed E-state index contributed by atoms with van der Waals surface area (Å²) in [7, 11) is 1.56. The zero-order valence-electron chi connectivity index (χ0n) is 59.8. The average Bonchev–Trinajstić information content (AvgIpc) is 1.62. The fraction of sp³-hybridized carbons (Fsp3) is 0.712.